The topological polar surface area (TPSA) is 41.6 Å². The van der Waals surface area contributed by atoms with Gasteiger partial charge in [-0.2, -0.15) is 0 Å². The molecule has 0 radical (unpaired) electrons. The standard InChI is InChI=1S/C21H21N3/c1-4-5-6-7-16(3)21(20-13-22-14-24-20)18-9-8-17-10-15(2)12-23-19(17)11-18/h4-14,21H,3H2,1-2H3,(H,22,24)/b5-4-,7-6-. The molecule has 1 N–H and O–H groups in total. The lowest BCUT2D eigenvalue weighted by atomic mass is 9.88. The lowest BCUT2D eigenvalue weighted by molar-refractivity contribution is 0.938. The highest BCUT2D eigenvalue weighted by Gasteiger charge is 2.18. The number of hydrogen-bond acceptors (Lipinski definition) is 2. The van der Waals surface area contributed by atoms with E-state index in [1.54, 1.807) is 6.33 Å². The van der Waals surface area contributed by atoms with Gasteiger partial charge in [0.25, 0.3) is 0 Å². The van der Waals surface area contributed by atoms with E-state index in [0.29, 0.717) is 0 Å². The number of allylic oxidation sites excluding steroid dienone is 5. The largest absolute Gasteiger partial charge is 0.348 e. The van der Waals surface area contributed by atoms with Gasteiger partial charge in [-0.05, 0) is 42.7 Å². The third-order valence-corrected chi connectivity index (χ3v) is 3.99. The minimum atomic E-state index is 0.0292. The molecule has 0 saturated carbocycles. The summed E-state index contributed by atoms with van der Waals surface area (Å²) in [5.41, 5.74) is 5.34. The molecule has 0 aliphatic rings. The van der Waals surface area contributed by atoms with Crippen LogP contribution in [0.1, 0.15) is 29.7 Å². The second-order valence-electron chi connectivity index (χ2n) is 5.86. The summed E-state index contributed by atoms with van der Waals surface area (Å²) in [7, 11) is 0. The van der Waals surface area contributed by atoms with Crippen LogP contribution in [0, 0.1) is 6.92 Å². The molecule has 0 spiro atoms. The lowest BCUT2D eigenvalue weighted by Crippen LogP contribution is -2.03. The number of pyridine rings is 1. The first kappa shape index (κ1) is 15.9. The third kappa shape index (κ3) is 3.35. The predicted octanol–water partition coefficient (Wildman–Crippen LogP) is 5.09. The van der Waals surface area contributed by atoms with Crippen LogP contribution < -0.4 is 0 Å². The highest BCUT2D eigenvalue weighted by Crippen LogP contribution is 2.32. The second-order valence-corrected chi connectivity index (χ2v) is 5.86. The summed E-state index contributed by atoms with van der Waals surface area (Å²) < 4.78 is 0. The summed E-state index contributed by atoms with van der Waals surface area (Å²) in [4.78, 5) is 11.9. The monoisotopic (exact) mass is 315 g/mol. The molecule has 0 amide bonds. The van der Waals surface area contributed by atoms with Crippen molar-refractivity contribution >= 4 is 10.9 Å². The van der Waals surface area contributed by atoms with E-state index >= 15 is 0 Å². The van der Waals surface area contributed by atoms with Gasteiger partial charge in [-0.3, -0.25) is 4.98 Å². The molecule has 3 rings (SSSR count). The van der Waals surface area contributed by atoms with Gasteiger partial charge in [-0.25, -0.2) is 4.98 Å². The number of imidazole rings is 1. The Morgan fingerprint density at radius 1 is 1.21 bits per heavy atom. The fraction of sp³-hybridized carbons (Fsp3) is 0.143. The smallest absolute Gasteiger partial charge is 0.0922 e. The van der Waals surface area contributed by atoms with Gasteiger partial charge in [0.2, 0.25) is 0 Å². The van der Waals surface area contributed by atoms with Crippen LogP contribution in [-0.4, -0.2) is 15.0 Å². The summed E-state index contributed by atoms with van der Waals surface area (Å²) in [5.74, 6) is 0.0292. The second kappa shape index (κ2) is 7.09. The Hall–Kier alpha value is -2.94. The number of aromatic amines is 1. The van der Waals surface area contributed by atoms with Crippen molar-refractivity contribution in [2.75, 3.05) is 0 Å². The molecule has 3 aromatic rings. The van der Waals surface area contributed by atoms with Gasteiger partial charge in [-0.15, -0.1) is 0 Å². The van der Waals surface area contributed by atoms with Gasteiger partial charge < -0.3 is 4.98 Å². The van der Waals surface area contributed by atoms with E-state index in [9.17, 15) is 0 Å². The zero-order chi connectivity index (χ0) is 16.9. The Labute approximate surface area is 142 Å². The molecule has 2 aromatic heterocycles. The average Bonchev–Trinajstić information content (AvgIpc) is 3.09. The van der Waals surface area contributed by atoms with Crippen LogP contribution in [0.2, 0.25) is 0 Å². The molecule has 1 aromatic carbocycles. The van der Waals surface area contributed by atoms with Gasteiger partial charge in [0.05, 0.1) is 17.8 Å². The van der Waals surface area contributed by atoms with Gasteiger partial charge in [0.1, 0.15) is 0 Å². The van der Waals surface area contributed by atoms with Gasteiger partial charge in [-0.1, -0.05) is 43.0 Å². The molecule has 0 fully saturated rings. The van der Waals surface area contributed by atoms with Crippen LogP contribution in [0.25, 0.3) is 10.9 Å². The van der Waals surface area contributed by atoms with Crippen molar-refractivity contribution in [3.05, 3.63) is 96.3 Å². The third-order valence-electron chi connectivity index (χ3n) is 3.99. The van der Waals surface area contributed by atoms with Crippen LogP contribution in [0.5, 0.6) is 0 Å². The molecule has 1 unspecified atom stereocenters. The number of fused-ring (bicyclic) bond motifs is 1. The minimum Gasteiger partial charge on any atom is -0.348 e. The van der Waals surface area contributed by atoms with Crippen molar-refractivity contribution in [3.8, 4) is 0 Å². The van der Waals surface area contributed by atoms with Crippen molar-refractivity contribution in [1.82, 2.24) is 15.0 Å². The van der Waals surface area contributed by atoms with E-state index in [-0.39, 0.29) is 5.92 Å². The number of H-pyrrole nitrogens is 1. The summed E-state index contributed by atoms with van der Waals surface area (Å²) in [6, 6.07) is 8.55. The predicted molar refractivity (Wildman–Crippen MR) is 100 cm³/mol. The van der Waals surface area contributed by atoms with E-state index in [1.807, 2.05) is 43.6 Å². The normalized spacial score (nSPS) is 13.1. The molecule has 2 heterocycles. The highest BCUT2D eigenvalue weighted by molar-refractivity contribution is 5.80. The lowest BCUT2D eigenvalue weighted by Gasteiger charge is -2.17. The number of nitrogens with zero attached hydrogens (tertiary/aromatic N) is 2. The number of aromatic nitrogens is 3. The van der Waals surface area contributed by atoms with E-state index in [1.165, 1.54) is 5.56 Å². The van der Waals surface area contributed by atoms with Crippen molar-refractivity contribution in [2.24, 2.45) is 0 Å². The maximum Gasteiger partial charge on any atom is 0.0922 e. The molecule has 0 bridgehead atoms. The van der Waals surface area contributed by atoms with Crippen molar-refractivity contribution < 1.29 is 0 Å². The number of benzene rings is 1. The van der Waals surface area contributed by atoms with Gasteiger partial charge >= 0.3 is 0 Å². The SMILES string of the molecule is C=C(/C=C\C=C/C)C(c1ccc2cc(C)cnc2c1)c1cnc[nH]1. The number of nitrogens with one attached hydrogen (secondary N) is 1. The van der Waals surface area contributed by atoms with Crippen LogP contribution in [0.15, 0.2) is 79.4 Å². The summed E-state index contributed by atoms with van der Waals surface area (Å²) in [6.07, 6.45) is 13.5. The molecular formula is C21H21N3. The molecule has 24 heavy (non-hydrogen) atoms. The first-order chi connectivity index (χ1) is 11.7. The van der Waals surface area contributed by atoms with Crippen LogP contribution >= 0.6 is 0 Å². The molecule has 1 atom stereocenters. The van der Waals surface area contributed by atoms with Crippen LogP contribution in [0.4, 0.5) is 0 Å². The van der Waals surface area contributed by atoms with Crippen molar-refractivity contribution in [1.29, 1.82) is 0 Å². The summed E-state index contributed by atoms with van der Waals surface area (Å²) in [5, 5.41) is 1.15. The average molecular weight is 315 g/mol. The van der Waals surface area contributed by atoms with Crippen molar-refractivity contribution in [3.63, 3.8) is 0 Å². The molecule has 3 heteroatoms. The van der Waals surface area contributed by atoms with E-state index in [4.69, 9.17) is 0 Å². The molecular weight excluding hydrogens is 294 g/mol. The fourth-order valence-corrected chi connectivity index (χ4v) is 2.83. The number of aryl methyl sites for hydroxylation is 1. The zero-order valence-electron chi connectivity index (χ0n) is 14.0. The fourth-order valence-electron chi connectivity index (χ4n) is 2.83. The first-order valence-corrected chi connectivity index (χ1v) is 8.02. The number of rotatable bonds is 5. The maximum absolute atomic E-state index is 4.56. The first-order valence-electron chi connectivity index (χ1n) is 8.02. The van der Waals surface area contributed by atoms with E-state index < -0.39 is 0 Å². The summed E-state index contributed by atoms with van der Waals surface area (Å²) in [6.45, 7) is 8.32. The maximum atomic E-state index is 4.56. The van der Waals surface area contributed by atoms with Crippen molar-refractivity contribution in [2.45, 2.75) is 19.8 Å². The van der Waals surface area contributed by atoms with Crippen LogP contribution in [0.3, 0.4) is 0 Å². The van der Waals surface area contributed by atoms with E-state index in [2.05, 4.69) is 52.7 Å². The molecule has 0 aliphatic heterocycles. The zero-order valence-corrected chi connectivity index (χ0v) is 14.0. The Morgan fingerprint density at radius 3 is 2.83 bits per heavy atom. The summed E-state index contributed by atoms with van der Waals surface area (Å²) >= 11 is 0. The van der Waals surface area contributed by atoms with Gasteiger partial charge in [0, 0.05) is 23.5 Å². The quantitative estimate of drug-likeness (QED) is 0.667. The molecule has 3 nitrogen and oxygen atoms in total. The Kier molecular flexibility index (Phi) is 4.71. The Morgan fingerprint density at radius 2 is 2.08 bits per heavy atom. The Balaban J connectivity index is 2.05. The molecule has 0 aliphatic carbocycles. The van der Waals surface area contributed by atoms with Crippen LogP contribution in [-0.2, 0) is 0 Å². The minimum absolute atomic E-state index is 0.0292. The van der Waals surface area contributed by atoms with E-state index in [0.717, 1.165) is 27.7 Å². The number of hydrogen-bond donors (Lipinski definition) is 1. The highest BCUT2D eigenvalue weighted by atomic mass is 14.9. The van der Waals surface area contributed by atoms with Gasteiger partial charge in [0.15, 0.2) is 0 Å². The molecule has 0 saturated heterocycles. The molecule has 120 valence electrons. The Bertz CT molecular complexity index is 902.